The highest BCUT2D eigenvalue weighted by atomic mass is 79.9. The van der Waals surface area contributed by atoms with Crippen LogP contribution in [0.25, 0.3) is 11.0 Å². The molecule has 4 nitrogen and oxygen atoms in total. The van der Waals surface area contributed by atoms with Crippen LogP contribution in [0.1, 0.15) is 46.0 Å². The molecule has 0 spiro atoms. The lowest BCUT2D eigenvalue weighted by Gasteiger charge is -2.39. The molecule has 0 fully saturated rings. The van der Waals surface area contributed by atoms with Gasteiger partial charge in [-0.3, -0.25) is 0 Å². The number of para-hydroxylation sites is 3. The molecule has 0 saturated carbocycles. The number of ether oxygens (including phenoxy) is 1. The summed E-state index contributed by atoms with van der Waals surface area (Å²) in [6.45, 7) is 8.34. The van der Waals surface area contributed by atoms with E-state index >= 15 is 0 Å². The Labute approximate surface area is 267 Å². The fourth-order valence-electron chi connectivity index (χ4n) is 7.35. The van der Waals surface area contributed by atoms with Gasteiger partial charge >= 0.3 is 0 Å². The lowest BCUT2D eigenvalue weighted by atomic mass is 9.81. The van der Waals surface area contributed by atoms with Crippen molar-refractivity contribution in [1.82, 2.24) is 4.57 Å². The third-order valence-corrected chi connectivity index (χ3v) is 9.76. The molecule has 1 aliphatic heterocycles. The van der Waals surface area contributed by atoms with Gasteiger partial charge < -0.3 is 26.6 Å². The first-order valence-corrected chi connectivity index (χ1v) is 15.5. The molecule has 4 aromatic carbocycles. The molecule has 2 atom stereocenters. The highest BCUT2D eigenvalue weighted by molar-refractivity contribution is 9.10. The molecule has 2 heterocycles. The van der Waals surface area contributed by atoms with E-state index in [-0.39, 0.29) is 17.0 Å². The molecule has 42 heavy (non-hydrogen) atoms. The van der Waals surface area contributed by atoms with Gasteiger partial charge in [-0.2, -0.15) is 0 Å². The number of hydrogen-bond acceptors (Lipinski definition) is 2. The van der Waals surface area contributed by atoms with E-state index in [1.54, 1.807) is 7.11 Å². The largest absolute Gasteiger partial charge is 1.00 e. The van der Waals surface area contributed by atoms with Gasteiger partial charge in [-0.25, -0.2) is 9.13 Å². The predicted octanol–water partition coefficient (Wildman–Crippen LogP) is 4.58. The molecule has 6 heteroatoms. The molecule has 0 radical (unpaired) electrons. The second-order valence-electron chi connectivity index (χ2n) is 11.7. The number of anilines is 1. The highest BCUT2D eigenvalue weighted by Gasteiger charge is 2.41. The molecular formula is C36H37Br2N3O. The Kier molecular flexibility index (Phi) is 8.21. The zero-order chi connectivity index (χ0) is 28.1. The van der Waals surface area contributed by atoms with Crippen LogP contribution < -0.4 is 31.2 Å². The number of methoxy groups -OCH3 is 1. The third kappa shape index (κ3) is 5.07. The number of fused-ring (bicyclic) bond motifs is 6. The molecule has 216 valence electrons. The van der Waals surface area contributed by atoms with Gasteiger partial charge in [0.2, 0.25) is 0 Å². The average Bonchev–Trinajstić information content (AvgIpc) is 3.48. The van der Waals surface area contributed by atoms with E-state index in [4.69, 9.17) is 4.74 Å². The Morgan fingerprint density at radius 3 is 2.52 bits per heavy atom. The smallest absolute Gasteiger partial charge is 0.254 e. The first kappa shape index (κ1) is 29.0. The Balaban J connectivity index is 0.00000316. The first-order chi connectivity index (χ1) is 20.0. The van der Waals surface area contributed by atoms with Crippen LogP contribution in [0.4, 0.5) is 5.69 Å². The van der Waals surface area contributed by atoms with Crippen LogP contribution in [-0.2, 0) is 19.5 Å². The molecule has 0 N–H and O–H groups in total. The lowest BCUT2D eigenvalue weighted by Crippen LogP contribution is -3.00. The lowest BCUT2D eigenvalue weighted by molar-refractivity contribution is -0.669. The number of aromatic nitrogens is 2. The zero-order valence-electron chi connectivity index (χ0n) is 24.5. The monoisotopic (exact) mass is 685 g/mol. The van der Waals surface area contributed by atoms with E-state index < -0.39 is 0 Å². The van der Waals surface area contributed by atoms with E-state index in [9.17, 15) is 0 Å². The summed E-state index contributed by atoms with van der Waals surface area (Å²) < 4.78 is 12.1. The predicted molar refractivity (Wildman–Crippen MR) is 170 cm³/mol. The summed E-state index contributed by atoms with van der Waals surface area (Å²) in [6, 6.07) is 31.2. The van der Waals surface area contributed by atoms with Gasteiger partial charge in [-0.1, -0.05) is 76.1 Å². The number of nitrogens with zero attached hydrogens (tertiary/aromatic N) is 3. The molecule has 0 saturated heterocycles. The summed E-state index contributed by atoms with van der Waals surface area (Å²) in [5, 5.41) is 0. The fourth-order valence-corrected chi connectivity index (χ4v) is 7.73. The Bertz CT molecular complexity index is 1740. The minimum atomic E-state index is 0. The van der Waals surface area contributed by atoms with Crippen LogP contribution in [0.5, 0.6) is 5.75 Å². The number of imidazole rings is 1. The van der Waals surface area contributed by atoms with Crippen LogP contribution in [0, 0.1) is 19.8 Å². The maximum absolute atomic E-state index is 5.95. The minimum absolute atomic E-state index is 0. The zero-order valence-corrected chi connectivity index (χ0v) is 27.7. The van der Waals surface area contributed by atoms with Gasteiger partial charge in [-0.15, -0.1) is 0 Å². The van der Waals surface area contributed by atoms with E-state index in [0.29, 0.717) is 11.8 Å². The highest BCUT2D eigenvalue weighted by Crippen LogP contribution is 2.52. The fraction of sp³-hybridized carbons (Fsp3) is 0.306. The Morgan fingerprint density at radius 2 is 1.71 bits per heavy atom. The molecule has 0 unspecified atom stereocenters. The van der Waals surface area contributed by atoms with Gasteiger partial charge in [0.1, 0.15) is 12.3 Å². The van der Waals surface area contributed by atoms with Crippen molar-refractivity contribution in [2.24, 2.45) is 5.92 Å². The molecule has 2 aliphatic rings. The van der Waals surface area contributed by atoms with Crippen molar-refractivity contribution in [1.29, 1.82) is 0 Å². The minimum Gasteiger partial charge on any atom is -1.00 e. The van der Waals surface area contributed by atoms with Crippen molar-refractivity contribution in [3.05, 3.63) is 123 Å². The molecule has 7 rings (SSSR count). The topological polar surface area (TPSA) is 21.3 Å². The number of aryl methyl sites for hydroxylation is 2. The molecule has 1 aromatic heterocycles. The SMILES string of the molecule is COc1cccc2c1N(CCCn1c(C)[n+](Cc3ccc(C)cc3)c3ccccc31)C[C@@H]1Cc3ccc(Br)cc3[C@H]21.[Br-]. The van der Waals surface area contributed by atoms with Gasteiger partial charge in [-0.05, 0) is 71.8 Å². The number of hydrogen-bond donors (Lipinski definition) is 0. The van der Waals surface area contributed by atoms with Gasteiger partial charge in [0.15, 0.2) is 11.0 Å². The van der Waals surface area contributed by atoms with Gasteiger partial charge in [0.25, 0.3) is 5.82 Å². The van der Waals surface area contributed by atoms with Crippen molar-refractivity contribution in [3.63, 3.8) is 0 Å². The second-order valence-corrected chi connectivity index (χ2v) is 12.7. The van der Waals surface area contributed by atoms with Gasteiger partial charge in [0.05, 0.1) is 19.3 Å². The van der Waals surface area contributed by atoms with E-state index in [1.807, 2.05) is 0 Å². The summed E-state index contributed by atoms with van der Waals surface area (Å²) in [6.07, 6.45) is 2.21. The third-order valence-electron chi connectivity index (χ3n) is 9.27. The first-order valence-electron chi connectivity index (χ1n) is 14.7. The average molecular weight is 688 g/mol. The van der Waals surface area contributed by atoms with Crippen molar-refractivity contribution in [2.75, 3.05) is 25.1 Å². The number of halogens is 2. The maximum atomic E-state index is 5.95. The van der Waals surface area contributed by atoms with Crippen molar-refractivity contribution in [2.45, 2.75) is 45.7 Å². The molecular weight excluding hydrogens is 650 g/mol. The van der Waals surface area contributed by atoms with Crippen molar-refractivity contribution in [3.8, 4) is 5.75 Å². The summed E-state index contributed by atoms with van der Waals surface area (Å²) >= 11 is 3.72. The number of rotatable bonds is 7. The van der Waals surface area contributed by atoms with E-state index in [2.05, 4.69) is 129 Å². The summed E-state index contributed by atoms with van der Waals surface area (Å²) in [7, 11) is 1.81. The van der Waals surface area contributed by atoms with Gasteiger partial charge in [0, 0.05) is 36.8 Å². The van der Waals surface area contributed by atoms with Crippen LogP contribution in [0.3, 0.4) is 0 Å². The van der Waals surface area contributed by atoms with Crippen LogP contribution >= 0.6 is 15.9 Å². The Hall–Kier alpha value is -3.09. The molecule has 5 aromatic rings. The standard InChI is InChI=1S/C36H37BrN3O.BrH/c1-24-12-14-26(15-13-24)22-40-25(2)39(32-9-4-5-10-33(32)40)19-7-18-38-23-28-20-27-16-17-29(37)21-31(27)35(28)30-8-6-11-34(41-3)36(30)38;/h4-6,8-17,21,28,35H,7,18-20,22-23H2,1-3H3;1H/q+1;/p-1/t28-,35-;/m0./s1. The normalized spacial score (nSPS) is 17.0. The quantitative estimate of drug-likeness (QED) is 0.234. The molecule has 0 amide bonds. The summed E-state index contributed by atoms with van der Waals surface area (Å²) in [4.78, 5) is 2.61. The van der Waals surface area contributed by atoms with Crippen LogP contribution in [0.15, 0.2) is 89.4 Å². The maximum Gasteiger partial charge on any atom is 0.254 e. The molecule has 0 bridgehead atoms. The van der Waals surface area contributed by atoms with E-state index in [0.717, 1.165) is 49.2 Å². The summed E-state index contributed by atoms with van der Waals surface area (Å²) in [5.74, 6) is 3.31. The summed E-state index contributed by atoms with van der Waals surface area (Å²) in [5.41, 5.74) is 10.9. The van der Waals surface area contributed by atoms with Crippen molar-refractivity contribution >= 4 is 32.7 Å². The van der Waals surface area contributed by atoms with E-state index in [1.165, 1.54) is 50.4 Å². The molecule has 1 aliphatic carbocycles. The second kappa shape index (κ2) is 11.9. The van der Waals surface area contributed by atoms with Crippen LogP contribution in [-0.4, -0.2) is 24.8 Å². The van der Waals surface area contributed by atoms with Crippen LogP contribution in [0.2, 0.25) is 0 Å². The number of benzene rings is 4. The Morgan fingerprint density at radius 1 is 0.905 bits per heavy atom. The van der Waals surface area contributed by atoms with Crippen molar-refractivity contribution < 1.29 is 26.3 Å².